The Kier molecular flexibility index (Phi) is 3.01. The van der Waals surface area contributed by atoms with Crippen molar-refractivity contribution in [1.29, 1.82) is 0 Å². The molecule has 0 spiro atoms. The van der Waals surface area contributed by atoms with Crippen LogP contribution in [0.5, 0.6) is 0 Å². The summed E-state index contributed by atoms with van der Waals surface area (Å²) in [5.41, 5.74) is 7.71. The van der Waals surface area contributed by atoms with Crippen LogP contribution < -0.4 is 11.1 Å². The molecule has 3 nitrogen and oxygen atoms in total. The molecule has 0 aliphatic heterocycles. The van der Waals surface area contributed by atoms with Gasteiger partial charge >= 0.3 is 0 Å². The van der Waals surface area contributed by atoms with E-state index in [1.807, 2.05) is 13.2 Å². The van der Waals surface area contributed by atoms with Gasteiger partial charge < -0.3 is 11.1 Å². The molecular formula is C8H13N3. The molecule has 0 saturated carbocycles. The Morgan fingerprint density at radius 2 is 2.18 bits per heavy atom. The van der Waals surface area contributed by atoms with E-state index in [4.69, 9.17) is 5.73 Å². The van der Waals surface area contributed by atoms with Crippen LogP contribution in [-0.2, 0) is 13.1 Å². The summed E-state index contributed by atoms with van der Waals surface area (Å²) in [6.45, 7) is 1.41. The predicted octanol–water partition coefficient (Wildman–Crippen LogP) is 0.260. The molecule has 11 heavy (non-hydrogen) atoms. The topological polar surface area (TPSA) is 50.9 Å². The largest absolute Gasteiger partial charge is 0.326 e. The fourth-order valence-electron chi connectivity index (χ4n) is 0.954. The molecule has 0 radical (unpaired) electrons. The van der Waals surface area contributed by atoms with Crippen molar-refractivity contribution >= 4 is 0 Å². The SMILES string of the molecule is CNCc1cncc(CN)c1. The second kappa shape index (κ2) is 4.05. The van der Waals surface area contributed by atoms with Crippen molar-refractivity contribution < 1.29 is 0 Å². The number of aromatic nitrogens is 1. The van der Waals surface area contributed by atoms with E-state index in [0.29, 0.717) is 6.54 Å². The maximum Gasteiger partial charge on any atom is 0.0313 e. The van der Waals surface area contributed by atoms with Crippen LogP contribution in [0.3, 0.4) is 0 Å². The Hall–Kier alpha value is -0.930. The van der Waals surface area contributed by atoms with Gasteiger partial charge in [0.25, 0.3) is 0 Å². The molecule has 0 unspecified atom stereocenters. The lowest BCUT2D eigenvalue weighted by atomic mass is 10.2. The zero-order valence-corrected chi connectivity index (χ0v) is 6.67. The quantitative estimate of drug-likeness (QED) is 0.651. The number of nitrogens with zero attached hydrogens (tertiary/aromatic N) is 1. The van der Waals surface area contributed by atoms with Gasteiger partial charge in [-0.25, -0.2) is 0 Å². The van der Waals surface area contributed by atoms with Gasteiger partial charge in [-0.05, 0) is 18.2 Å². The van der Waals surface area contributed by atoms with E-state index in [1.165, 1.54) is 5.56 Å². The summed E-state index contributed by atoms with van der Waals surface area (Å²) in [5, 5.41) is 3.05. The molecule has 0 amide bonds. The number of nitrogens with one attached hydrogen (secondary N) is 1. The first-order valence-corrected chi connectivity index (χ1v) is 3.64. The number of rotatable bonds is 3. The highest BCUT2D eigenvalue weighted by Gasteiger charge is 1.92. The van der Waals surface area contributed by atoms with Crippen LogP contribution in [0.2, 0.25) is 0 Å². The number of pyridine rings is 1. The smallest absolute Gasteiger partial charge is 0.0313 e. The number of hydrogen-bond acceptors (Lipinski definition) is 3. The third-order valence-electron chi connectivity index (χ3n) is 1.47. The molecular weight excluding hydrogens is 138 g/mol. The van der Waals surface area contributed by atoms with Crippen molar-refractivity contribution in [3.63, 3.8) is 0 Å². The molecule has 0 bridgehead atoms. The van der Waals surface area contributed by atoms with Crippen LogP contribution >= 0.6 is 0 Å². The second-order valence-corrected chi connectivity index (χ2v) is 2.44. The molecule has 1 rings (SSSR count). The molecule has 0 fully saturated rings. The van der Waals surface area contributed by atoms with E-state index < -0.39 is 0 Å². The predicted molar refractivity (Wildman–Crippen MR) is 44.9 cm³/mol. The highest BCUT2D eigenvalue weighted by molar-refractivity contribution is 5.17. The van der Waals surface area contributed by atoms with Gasteiger partial charge in [0.2, 0.25) is 0 Å². The first-order chi connectivity index (χ1) is 5.36. The number of nitrogens with two attached hydrogens (primary N) is 1. The van der Waals surface area contributed by atoms with E-state index in [0.717, 1.165) is 12.1 Å². The molecule has 3 heteroatoms. The molecule has 0 aliphatic rings. The first-order valence-electron chi connectivity index (χ1n) is 3.64. The average Bonchev–Trinajstić information content (AvgIpc) is 2.06. The standard InChI is InChI=1S/C8H13N3/c1-10-4-8-2-7(3-9)5-11-6-8/h2,5-6,10H,3-4,9H2,1H3. The summed E-state index contributed by atoms with van der Waals surface area (Å²) in [5.74, 6) is 0. The lowest BCUT2D eigenvalue weighted by Crippen LogP contribution is -2.06. The van der Waals surface area contributed by atoms with Crippen molar-refractivity contribution in [2.75, 3.05) is 7.05 Å². The monoisotopic (exact) mass is 151 g/mol. The summed E-state index contributed by atoms with van der Waals surface area (Å²) < 4.78 is 0. The first kappa shape index (κ1) is 8.17. The van der Waals surface area contributed by atoms with Crippen LogP contribution in [0, 0.1) is 0 Å². The third kappa shape index (κ3) is 2.29. The summed E-state index contributed by atoms with van der Waals surface area (Å²) in [6.07, 6.45) is 3.63. The normalized spacial score (nSPS) is 10.0. The van der Waals surface area contributed by atoms with Crippen LogP contribution in [-0.4, -0.2) is 12.0 Å². The van der Waals surface area contributed by atoms with Gasteiger partial charge in [-0.2, -0.15) is 0 Å². The average molecular weight is 151 g/mol. The zero-order valence-electron chi connectivity index (χ0n) is 6.67. The van der Waals surface area contributed by atoms with Crippen molar-refractivity contribution in [2.45, 2.75) is 13.1 Å². The van der Waals surface area contributed by atoms with Crippen LogP contribution in [0.4, 0.5) is 0 Å². The Morgan fingerprint density at radius 1 is 1.45 bits per heavy atom. The third-order valence-corrected chi connectivity index (χ3v) is 1.47. The maximum absolute atomic E-state index is 5.45. The molecule has 0 saturated heterocycles. The zero-order chi connectivity index (χ0) is 8.10. The van der Waals surface area contributed by atoms with Gasteiger partial charge in [0.05, 0.1) is 0 Å². The van der Waals surface area contributed by atoms with E-state index >= 15 is 0 Å². The van der Waals surface area contributed by atoms with Gasteiger partial charge in [0.1, 0.15) is 0 Å². The Morgan fingerprint density at radius 3 is 2.82 bits per heavy atom. The van der Waals surface area contributed by atoms with Crippen LogP contribution in [0.15, 0.2) is 18.5 Å². The summed E-state index contributed by atoms with van der Waals surface area (Å²) in [7, 11) is 1.91. The molecule has 0 atom stereocenters. The molecule has 1 aromatic heterocycles. The van der Waals surface area contributed by atoms with E-state index in [2.05, 4.69) is 16.4 Å². The summed E-state index contributed by atoms with van der Waals surface area (Å²) in [6, 6.07) is 2.06. The summed E-state index contributed by atoms with van der Waals surface area (Å²) in [4.78, 5) is 4.05. The highest BCUT2D eigenvalue weighted by Crippen LogP contribution is 2.00. The molecule has 0 aliphatic carbocycles. The molecule has 0 aromatic carbocycles. The highest BCUT2D eigenvalue weighted by atomic mass is 14.8. The Bertz CT molecular complexity index is 222. The minimum atomic E-state index is 0.560. The van der Waals surface area contributed by atoms with Crippen LogP contribution in [0.25, 0.3) is 0 Å². The van der Waals surface area contributed by atoms with Gasteiger partial charge in [-0.1, -0.05) is 6.07 Å². The lowest BCUT2D eigenvalue weighted by Gasteiger charge is -2.00. The maximum atomic E-state index is 5.45. The van der Waals surface area contributed by atoms with Crippen molar-refractivity contribution in [1.82, 2.24) is 10.3 Å². The second-order valence-electron chi connectivity index (χ2n) is 2.44. The minimum Gasteiger partial charge on any atom is -0.326 e. The Balaban J connectivity index is 2.74. The minimum absolute atomic E-state index is 0.560. The van der Waals surface area contributed by atoms with Gasteiger partial charge in [0, 0.05) is 25.5 Å². The van der Waals surface area contributed by atoms with E-state index in [-0.39, 0.29) is 0 Å². The van der Waals surface area contributed by atoms with Crippen molar-refractivity contribution in [3.8, 4) is 0 Å². The molecule has 1 aromatic rings. The lowest BCUT2D eigenvalue weighted by molar-refractivity contribution is 0.809. The fraction of sp³-hybridized carbons (Fsp3) is 0.375. The molecule has 1 heterocycles. The van der Waals surface area contributed by atoms with Crippen molar-refractivity contribution in [2.24, 2.45) is 5.73 Å². The van der Waals surface area contributed by atoms with Crippen LogP contribution in [0.1, 0.15) is 11.1 Å². The van der Waals surface area contributed by atoms with Crippen molar-refractivity contribution in [3.05, 3.63) is 29.6 Å². The molecule has 60 valence electrons. The van der Waals surface area contributed by atoms with Gasteiger partial charge in [0.15, 0.2) is 0 Å². The number of hydrogen-bond donors (Lipinski definition) is 2. The summed E-state index contributed by atoms with van der Waals surface area (Å²) >= 11 is 0. The Labute approximate surface area is 66.6 Å². The van der Waals surface area contributed by atoms with E-state index in [9.17, 15) is 0 Å². The van der Waals surface area contributed by atoms with Gasteiger partial charge in [-0.15, -0.1) is 0 Å². The fourth-order valence-corrected chi connectivity index (χ4v) is 0.954. The molecule has 3 N–H and O–H groups in total. The van der Waals surface area contributed by atoms with Gasteiger partial charge in [-0.3, -0.25) is 4.98 Å². The van der Waals surface area contributed by atoms with E-state index in [1.54, 1.807) is 6.20 Å².